The zero-order valence-electron chi connectivity index (χ0n) is 17.3. The van der Waals surface area contributed by atoms with E-state index < -0.39 is 11.6 Å². The largest absolute Gasteiger partial charge is 0.480 e. The Morgan fingerprint density at radius 2 is 1.71 bits per heavy atom. The number of aliphatic carboxylic acids is 1. The molecule has 1 spiro atoms. The second kappa shape index (κ2) is 9.01. The highest BCUT2D eigenvalue weighted by molar-refractivity contribution is 9.10. The van der Waals surface area contributed by atoms with Gasteiger partial charge in [0, 0.05) is 23.0 Å². The van der Waals surface area contributed by atoms with Crippen LogP contribution >= 0.6 is 15.9 Å². The molecule has 0 aromatic heterocycles. The molecule has 1 heterocycles. The summed E-state index contributed by atoms with van der Waals surface area (Å²) in [5.41, 5.74) is 1.42. The van der Waals surface area contributed by atoms with Crippen LogP contribution in [0.1, 0.15) is 36.8 Å². The number of nitrogens with zero attached hydrogens (tertiary/aromatic N) is 1. The number of amides is 1. The molecule has 31 heavy (non-hydrogen) atoms. The fourth-order valence-corrected chi connectivity index (χ4v) is 5.09. The minimum Gasteiger partial charge on any atom is -0.480 e. The van der Waals surface area contributed by atoms with Gasteiger partial charge in [-0.05, 0) is 48.9 Å². The minimum absolute atomic E-state index is 0.0634. The van der Waals surface area contributed by atoms with E-state index in [9.17, 15) is 9.59 Å². The zero-order chi connectivity index (χ0) is 21.9. The third kappa shape index (κ3) is 4.93. The monoisotopic (exact) mass is 487 g/mol. The fraction of sp³-hybridized carbons (Fsp3) is 0.417. The summed E-state index contributed by atoms with van der Waals surface area (Å²) in [4.78, 5) is 25.3. The van der Waals surface area contributed by atoms with Crippen molar-refractivity contribution in [1.82, 2.24) is 4.90 Å². The van der Waals surface area contributed by atoms with Gasteiger partial charge in [0.1, 0.15) is 13.2 Å². The van der Waals surface area contributed by atoms with E-state index in [1.54, 1.807) is 4.90 Å². The van der Waals surface area contributed by atoms with Crippen molar-refractivity contribution in [3.63, 3.8) is 0 Å². The molecule has 1 amide bonds. The maximum atomic E-state index is 12.4. The first-order valence-corrected chi connectivity index (χ1v) is 11.3. The second-order valence-electron chi connectivity index (χ2n) is 8.58. The van der Waals surface area contributed by atoms with Crippen LogP contribution in [0.15, 0.2) is 59.1 Å². The number of hydrogen-bond donors (Lipinski definition) is 1. The lowest BCUT2D eigenvalue weighted by Gasteiger charge is -2.55. The van der Waals surface area contributed by atoms with Gasteiger partial charge in [-0.1, -0.05) is 58.4 Å². The van der Waals surface area contributed by atoms with Crippen LogP contribution < -0.4 is 0 Å². The van der Waals surface area contributed by atoms with Crippen molar-refractivity contribution in [3.05, 3.63) is 70.2 Å². The standard InChI is InChI=1S/C24H26BrNO5/c25-20-8-4-7-19(13-20)24(31-15-21(27)28)11-9-23(10-12-24)16-26(17-23)22(29)30-14-18-5-2-1-3-6-18/h1-8,13H,9-12,14-17H2,(H,27,28). The highest BCUT2D eigenvalue weighted by atomic mass is 79.9. The maximum Gasteiger partial charge on any atom is 0.410 e. The Bertz CT molecular complexity index is 932. The topological polar surface area (TPSA) is 76.1 Å². The van der Waals surface area contributed by atoms with Crippen molar-refractivity contribution in [1.29, 1.82) is 0 Å². The van der Waals surface area contributed by atoms with Gasteiger partial charge in [0.15, 0.2) is 0 Å². The van der Waals surface area contributed by atoms with Crippen molar-refractivity contribution in [2.45, 2.75) is 37.9 Å². The number of hydrogen-bond acceptors (Lipinski definition) is 4. The predicted molar refractivity (Wildman–Crippen MR) is 119 cm³/mol. The van der Waals surface area contributed by atoms with Crippen molar-refractivity contribution in [2.75, 3.05) is 19.7 Å². The molecule has 7 heteroatoms. The summed E-state index contributed by atoms with van der Waals surface area (Å²) >= 11 is 3.51. The highest BCUT2D eigenvalue weighted by Crippen LogP contribution is 2.52. The molecule has 0 radical (unpaired) electrons. The summed E-state index contributed by atoms with van der Waals surface area (Å²) in [7, 11) is 0. The molecule has 2 aromatic carbocycles. The van der Waals surface area contributed by atoms with E-state index in [2.05, 4.69) is 15.9 Å². The van der Waals surface area contributed by atoms with E-state index in [0.29, 0.717) is 13.1 Å². The molecule has 164 valence electrons. The lowest BCUT2D eigenvalue weighted by molar-refractivity contribution is -0.160. The van der Waals surface area contributed by atoms with Crippen LogP contribution in [0, 0.1) is 5.41 Å². The molecule has 4 rings (SSSR count). The van der Waals surface area contributed by atoms with Crippen molar-refractivity contribution >= 4 is 28.0 Å². The lowest BCUT2D eigenvalue weighted by Crippen LogP contribution is -2.60. The summed E-state index contributed by atoms with van der Waals surface area (Å²) in [6.07, 6.45) is 2.93. The van der Waals surface area contributed by atoms with Crippen LogP contribution in [0.25, 0.3) is 0 Å². The van der Waals surface area contributed by atoms with E-state index in [0.717, 1.165) is 41.3 Å². The smallest absolute Gasteiger partial charge is 0.410 e. The number of carbonyl (C=O) groups is 2. The quantitative estimate of drug-likeness (QED) is 0.622. The van der Waals surface area contributed by atoms with Crippen LogP contribution in [-0.2, 0) is 26.5 Å². The summed E-state index contributed by atoms with van der Waals surface area (Å²) in [6.45, 7) is 1.30. The Morgan fingerprint density at radius 1 is 1.00 bits per heavy atom. The third-order valence-corrected chi connectivity index (χ3v) is 6.95. The van der Waals surface area contributed by atoms with Gasteiger partial charge >= 0.3 is 12.1 Å². The first-order valence-electron chi connectivity index (χ1n) is 10.5. The average Bonchev–Trinajstić information content (AvgIpc) is 2.75. The lowest BCUT2D eigenvalue weighted by atomic mass is 9.63. The van der Waals surface area contributed by atoms with Crippen LogP contribution in [0.2, 0.25) is 0 Å². The number of rotatable bonds is 6. The van der Waals surface area contributed by atoms with E-state index in [1.165, 1.54) is 0 Å². The Kier molecular flexibility index (Phi) is 6.34. The van der Waals surface area contributed by atoms with Crippen LogP contribution in [0.3, 0.4) is 0 Å². The van der Waals surface area contributed by atoms with Gasteiger partial charge in [-0.2, -0.15) is 0 Å². The SMILES string of the molecule is O=C(O)COC1(c2cccc(Br)c2)CCC2(CC1)CN(C(=O)OCc1ccccc1)C2. The second-order valence-corrected chi connectivity index (χ2v) is 9.50. The number of benzene rings is 2. The van der Waals surface area contributed by atoms with E-state index >= 15 is 0 Å². The highest BCUT2D eigenvalue weighted by Gasteiger charge is 2.52. The number of ether oxygens (including phenoxy) is 2. The normalized spacial score (nSPS) is 18.9. The van der Waals surface area contributed by atoms with Crippen molar-refractivity contribution in [2.24, 2.45) is 5.41 Å². The molecule has 2 aromatic rings. The molecule has 1 aliphatic carbocycles. The summed E-state index contributed by atoms with van der Waals surface area (Å²) in [5, 5.41) is 9.16. The molecule has 0 bridgehead atoms. The van der Waals surface area contributed by atoms with Gasteiger partial charge in [0.2, 0.25) is 0 Å². The predicted octanol–water partition coefficient (Wildman–Crippen LogP) is 4.96. The molecule has 0 unspecified atom stereocenters. The Labute approximate surface area is 190 Å². The number of halogens is 1. The molecular weight excluding hydrogens is 462 g/mol. The van der Waals surface area contributed by atoms with Crippen LogP contribution in [-0.4, -0.2) is 41.8 Å². The Hall–Kier alpha value is -2.38. The van der Waals surface area contributed by atoms with E-state index in [1.807, 2.05) is 54.6 Å². The Balaban J connectivity index is 1.35. The third-order valence-electron chi connectivity index (χ3n) is 6.46. The van der Waals surface area contributed by atoms with Crippen LogP contribution in [0.4, 0.5) is 4.79 Å². The minimum atomic E-state index is -0.967. The van der Waals surface area contributed by atoms with Crippen molar-refractivity contribution in [3.8, 4) is 0 Å². The molecule has 1 saturated carbocycles. The average molecular weight is 488 g/mol. The van der Waals surface area contributed by atoms with Gasteiger partial charge in [-0.3, -0.25) is 0 Å². The van der Waals surface area contributed by atoms with E-state index in [4.69, 9.17) is 14.6 Å². The van der Waals surface area contributed by atoms with Gasteiger partial charge in [0.05, 0.1) is 5.60 Å². The molecule has 0 atom stereocenters. The van der Waals surface area contributed by atoms with Gasteiger partial charge < -0.3 is 19.5 Å². The van der Waals surface area contributed by atoms with E-state index in [-0.39, 0.29) is 24.7 Å². The van der Waals surface area contributed by atoms with Gasteiger partial charge in [-0.25, -0.2) is 9.59 Å². The van der Waals surface area contributed by atoms with Crippen LogP contribution in [0.5, 0.6) is 0 Å². The summed E-state index contributed by atoms with van der Waals surface area (Å²) in [6, 6.07) is 17.6. The van der Waals surface area contributed by atoms with Crippen molar-refractivity contribution < 1.29 is 24.2 Å². The summed E-state index contributed by atoms with van der Waals surface area (Å²) < 4.78 is 12.4. The first kappa shape index (κ1) is 21.8. The molecule has 1 saturated heterocycles. The molecular formula is C24H26BrNO5. The number of carboxylic acid groups (broad SMARTS) is 1. The number of carboxylic acids is 1. The zero-order valence-corrected chi connectivity index (χ0v) is 18.8. The number of likely N-dealkylation sites (tertiary alicyclic amines) is 1. The van der Waals surface area contributed by atoms with Gasteiger partial charge in [0.25, 0.3) is 0 Å². The molecule has 1 aliphatic heterocycles. The molecule has 2 fully saturated rings. The first-order chi connectivity index (χ1) is 14.9. The number of carbonyl (C=O) groups excluding carboxylic acids is 1. The summed E-state index contributed by atoms with van der Waals surface area (Å²) in [5.74, 6) is -0.967. The maximum absolute atomic E-state index is 12.4. The molecule has 1 N–H and O–H groups in total. The molecule has 2 aliphatic rings. The molecule has 6 nitrogen and oxygen atoms in total. The Morgan fingerprint density at radius 3 is 2.35 bits per heavy atom. The van der Waals surface area contributed by atoms with Gasteiger partial charge in [-0.15, -0.1) is 0 Å². The fourth-order valence-electron chi connectivity index (χ4n) is 4.69.